The van der Waals surface area contributed by atoms with E-state index in [4.69, 9.17) is 0 Å². The van der Waals surface area contributed by atoms with Gasteiger partial charge in [-0.1, -0.05) is 26.0 Å². The van der Waals surface area contributed by atoms with Crippen LogP contribution >= 0.6 is 0 Å². The Morgan fingerprint density at radius 2 is 2.12 bits per heavy atom. The summed E-state index contributed by atoms with van der Waals surface area (Å²) in [7, 11) is 0. The van der Waals surface area contributed by atoms with E-state index in [1.165, 1.54) is 23.7 Å². The van der Waals surface area contributed by atoms with Crippen molar-refractivity contribution in [3.8, 4) is 0 Å². The van der Waals surface area contributed by atoms with Crippen molar-refractivity contribution in [1.82, 2.24) is 4.98 Å². The van der Waals surface area contributed by atoms with Crippen LogP contribution in [-0.4, -0.2) is 4.98 Å². The molecule has 2 aromatic rings. The number of H-pyrrole nitrogens is 1. The van der Waals surface area contributed by atoms with Gasteiger partial charge in [0.05, 0.1) is 5.52 Å². The Balaban J connectivity index is 2.30. The van der Waals surface area contributed by atoms with Crippen LogP contribution in [0.2, 0.25) is 0 Å². The lowest BCUT2D eigenvalue weighted by Crippen LogP contribution is -2.13. The van der Waals surface area contributed by atoms with Crippen molar-refractivity contribution in [3.05, 3.63) is 35.3 Å². The van der Waals surface area contributed by atoms with Crippen LogP contribution in [0, 0.1) is 11.7 Å². The Morgan fingerprint density at radius 1 is 1.31 bits per heavy atom. The number of halogens is 1. The molecule has 1 aromatic heterocycles. The zero-order chi connectivity index (χ0) is 11.3. The normalized spacial score (nSPS) is 24.7. The highest BCUT2D eigenvalue weighted by atomic mass is 19.1. The zero-order valence-corrected chi connectivity index (χ0v) is 9.68. The molecular weight excluding hydrogens is 201 g/mol. The van der Waals surface area contributed by atoms with Crippen LogP contribution < -0.4 is 0 Å². The van der Waals surface area contributed by atoms with Crippen molar-refractivity contribution in [2.75, 3.05) is 0 Å². The number of hydrogen-bond donors (Lipinski definition) is 1. The average Bonchev–Trinajstić information content (AvgIpc) is 2.59. The predicted molar refractivity (Wildman–Crippen MR) is 64.2 cm³/mol. The fourth-order valence-electron chi connectivity index (χ4n) is 3.05. The van der Waals surface area contributed by atoms with Crippen LogP contribution in [0.1, 0.15) is 37.4 Å². The van der Waals surface area contributed by atoms with Crippen molar-refractivity contribution in [3.63, 3.8) is 0 Å². The molecule has 2 unspecified atom stereocenters. The second-order valence-corrected chi connectivity index (χ2v) is 5.13. The van der Waals surface area contributed by atoms with Gasteiger partial charge in [-0.15, -0.1) is 0 Å². The van der Waals surface area contributed by atoms with Crippen molar-refractivity contribution in [2.45, 2.75) is 32.6 Å². The van der Waals surface area contributed by atoms with Crippen LogP contribution in [0.15, 0.2) is 18.2 Å². The monoisotopic (exact) mass is 217 g/mol. The fraction of sp³-hybridized carbons (Fsp3) is 0.429. The van der Waals surface area contributed by atoms with E-state index in [1.807, 2.05) is 6.07 Å². The molecule has 1 heterocycles. The molecule has 2 heteroatoms. The largest absolute Gasteiger partial charge is 0.356 e. The van der Waals surface area contributed by atoms with Crippen LogP contribution in [0.3, 0.4) is 0 Å². The Morgan fingerprint density at radius 3 is 2.94 bits per heavy atom. The molecule has 0 fully saturated rings. The highest BCUT2D eigenvalue weighted by molar-refractivity contribution is 5.85. The number of nitrogens with one attached hydrogen (secondary N) is 1. The smallest absolute Gasteiger partial charge is 0.147 e. The van der Waals surface area contributed by atoms with Crippen molar-refractivity contribution < 1.29 is 4.39 Å². The van der Waals surface area contributed by atoms with Crippen LogP contribution in [0.4, 0.5) is 4.39 Å². The van der Waals surface area contributed by atoms with Crippen molar-refractivity contribution >= 4 is 10.9 Å². The molecular formula is C14H16FN. The lowest BCUT2D eigenvalue weighted by molar-refractivity contribution is 0.447. The van der Waals surface area contributed by atoms with Gasteiger partial charge in [-0.2, -0.15) is 0 Å². The van der Waals surface area contributed by atoms with Gasteiger partial charge in [0.1, 0.15) is 5.82 Å². The fourth-order valence-corrected chi connectivity index (χ4v) is 3.05. The van der Waals surface area contributed by atoms with E-state index >= 15 is 0 Å². The highest BCUT2D eigenvalue weighted by Crippen LogP contribution is 2.38. The van der Waals surface area contributed by atoms with Crippen molar-refractivity contribution in [2.24, 2.45) is 5.92 Å². The molecule has 3 rings (SSSR count). The Labute approximate surface area is 94.7 Å². The summed E-state index contributed by atoms with van der Waals surface area (Å²) in [6.45, 7) is 4.50. The number of para-hydroxylation sites is 1. The maximum Gasteiger partial charge on any atom is 0.147 e. The Hall–Kier alpha value is -1.31. The Bertz CT molecular complexity index is 541. The SMILES string of the molecule is CC1Cc2c([nH]c3c(F)cccc23)C(C)C1. The number of benzene rings is 1. The maximum atomic E-state index is 13.7. The van der Waals surface area contributed by atoms with E-state index in [9.17, 15) is 4.39 Å². The van der Waals surface area contributed by atoms with E-state index < -0.39 is 0 Å². The number of aromatic amines is 1. The molecule has 0 bridgehead atoms. The number of aromatic nitrogens is 1. The molecule has 0 saturated heterocycles. The van der Waals surface area contributed by atoms with Crippen LogP contribution in [0.25, 0.3) is 10.9 Å². The average molecular weight is 217 g/mol. The summed E-state index contributed by atoms with van der Waals surface area (Å²) in [6, 6.07) is 5.35. The lowest BCUT2D eigenvalue weighted by Gasteiger charge is -2.24. The summed E-state index contributed by atoms with van der Waals surface area (Å²) >= 11 is 0. The van der Waals surface area contributed by atoms with E-state index in [2.05, 4.69) is 18.8 Å². The number of rotatable bonds is 0. The first-order valence-corrected chi connectivity index (χ1v) is 5.95. The second kappa shape index (κ2) is 3.34. The first-order valence-electron chi connectivity index (χ1n) is 5.95. The van der Waals surface area contributed by atoms with E-state index in [1.54, 1.807) is 6.07 Å². The summed E-state index contributed by atoms with van der Waals surface area (Å²) in [6.07, 6.45) is 2.27. The number of hydrogen-bond acceptors (Lipinski definition) is 0. The molecule has 16 heavy (non-hydrogen) atoms. The molecule has 1 aliphatic carbocycles. The van der Waals surface area contributed by atoms with Gasteiger partial charge in [-0.25, -0.2) is 4.39 Å². The highest BCUT2D eigenvalue weighted by Gasteiger charge is 2.25. The third-order valence-corrected chi connectivity index (χ3v) is 3.72. The molecule has 1 nitrogen and oxygen atoms in total. The Kier molecular flexibility index (Phi) is 2.06. The van der Waals surface area contributed by atoms with Gasteiger partial charge >= 0.3 is 0 Å². The standard InChI is InChI=1S/C14H16FN/c1-8-6-9(2)13-11(7-8)10-4-3-5-12(15)14(10)16-13/h3-5,8-9,16H,6-7H2,1-2H3. The van der Waals surface area contributed by atoms with Gasteiger partial charge in [-0.05, 0) is 36.3 Å². The molecule has 0 amide bonds. The molecule has 84 valence electrons. The molecule has 0 spiro atoms. The van der Waals surface area contributed by atoms with Gasteiger partial charge < -0.3 is 4.98 Å². The maximum absolute atomic E-state index is 13.7. The van der Waals surface area contributed by atoms with E-state index in [0.717, 1.165) is 11.8 Å². The minimum atomic E-state index is -0.133. The minimum absolute atomic E-state index is 0.133. The second-order valence-electron chi connectivity index (χ2n) is 5.13. The summed E-state index contributed by atoms with van der Waals surface area (Å²) < 4.78 is 13.7. The topological polar surface area (TPSA) is 15.8 Å². The van der Waals surface area contributed by atoms with Gasteiger partial charge in [0.25, 0.3) is 0 Å². The summed E-state index contributed by atoms with van der Waals surface area (Å²) in [5.74, 6) is 1.09. The lowest BCUT2D eigenvalue weighted by atomic mass is 9.81. The molecule has 0 radical (unpaired) electrons. The summed E-state index contributed by atoms with van der Waals surface area (Å²) in [5, 5.41) is 1.08. The molecule has 1 aliphatic rings. The molecule has 1 aromatic carbocycles. The quantitative estimate of drug-likeness (QED) is 0.686. The van der Waals surface area contributed by atoms with Gasteiger partial charge in [-0.3, -0.25) is 0 Å². The minimum Gasteiger partial charge on any atom is -0.356 e. The van der Waals surface area contributed by atoms with E-state index in [0.29, 0.717) is 17.4 Å². The summed E-state index contributed by atoms with van der Waals surface area (Å²) in [4.78, 5) is 3.28. The predicted octanol–water partition coefficient (Wildman–Crippen LogP) is 3.99. The third-order valence-electron chi connectivity index (χ3n) is 3.72. The first-order chi connectivity index (χ1) is 7.66. The third kappa shape index (κ3) is 1.29. The summed E-state index contributed by atoms with van der Waals surface area (Å²) in [5.41, 5.74) is 3.27. The van der Waals surface area contributed by atoms with Crippen molar-refractivity contribution in [1.29, 1.82) is 0 Å². The van der Waals surface area contributed by atoms with Gasteiger partial charge in [0.2, 0.25) is 0 Å². The first kappa shape index (κ1) is 9.88. The molecule has 0 aliphatic heterocycles. The zero-order valence-electron chi connectivity index (χ0n) is 9.68. The van der Waals surface area contributed by atoms with Gasteiger partial charge in [0, 0.05) is 11.1 Å². The molecule has 0 saturated carbocycles. The van der Waals surface area contributed by atoms with Crippen LogP contribution in [-0.2, 0) is 6.42 Å². The van der Waals surface area contributed by atoms with Crippen LogP contribution in [0.5, 0.6) is 0 Å². The number of fused-ring (bicyclic) bond motifs is 3. The van der Waals surface area contributed by atoms with Gasteiger partial charge in [0.15, 0.2) is 0 Å². The molecule has 1 N–H and O–H groups in total. The van der Waals surface area contributed by atoms with E-state index in [-0.39, 0.29) is 5.82 Å². The molecule has 2 atom stereocenters.